The molecular formula is C27H33N5O4. The summed E-state index contributed by atoms with van der Waals surface area (Å²) < 4.78 is 16.6. The van der Waals surface area contributed by atoms with Crippen LogP contribution in [0.15, 0.2) is 51.5 Å². The number of benzene rings is 1. The Morgan fingerprint density at radius 1 is 1.28 bits per heavy atom. The van der Waals surface area contributed by atoms with Crippen molar-refractivity contribution in [1.29, 1.82) is 5.26 Å². The first-order chi connectivity index (χ1) is 17.6. The zero-order chi connectivity index (χ0) is 25.5. The molecule has 1 aliphatic heterocycles. The molecular weight excluding hydrogens is 458 g/mol. The molecule has 2 aromatic heterocycles. The maximum atomic E-state index is 13.1. The van der Waals surface area contributed by atoms with Crippen molar-refractivity contribution >= 4 is 11.8 Å². The molecule has 0 spiro atoms. The van der Waals surface area contributed by atoms with Crippen molar-refractivity contribution in [3.63, 3.8) is 0 Å². The number of carbonyl (C=O) groups excluding carboxylic acids is 1. The SMILES string of the molecule is CCN(CC)C(CNC(=O)C1CCN(c2oc(-c3ccco3)nc2C#N)CC1)c1cccc(OC)c1. The number of nitrogens with zero attached hydrogens (tertiary/aromatic N) is 4. The summed E-state index contributed by atoms with van der Waals surface area (Å²) in [5, 5.41) is 12.7. The third-order valence-corrected chi connectivity index (χ3v) is 6.80. The fourth-order valence-electron chi connectivity index (χ4n) is 4.76. The van der Waals surface area contributed by atoms with Crippen molar-refractivity contribution in [3.8, 4) is 23.5 Å². The number of amides is 1. The molecule has 1 aromatic carbocycles. The molecule has 1 saturated heterocycles. The van der Waals surface area contributed by atoms with Crippen molar-refractivity contribution in [2.75, 3.05) is 44.7 Å². The van der Waals surface area contributed by atoms with Gasteiger partial charge in [0.25, 0.3) is 5.89 Å². The molecule has 1 unspecified atom stereocenters. The van der Waals surface area contributed by atoms with E-state index in [0.717, 1.165) is 24.4 Å². The van der Waals surface area contributed by atoms with Crippen LogP contribution in [0.25, 0.3) is 11.7 Å². The quantitative estimate of drug-likeness (QED) is 0.449. The molecule has 1 atom stereocenters. The van der Waals surface area contributed by atoms with Gasteiger partial charge >= 0.3 is 0 Å². The summed E-state index contributed by atoms with van der Waals surface area (Å²) in [4.78, 5) is 21.7. The molecule has 190 valence electrons. The van der Waals surface area contributed by atoms with Gasteiger partial charge in [-0.05, 0) is 55.8 Å². The number of aromatic nitrogens is 1. The minimum Gasteiger partial charge on any atom is -0.497 e. The molecule has 36 heavy (non-hydrogen) atoms. The average Bonchev–Trinajstić information content (AvgIpc) is 3.61. The third-order valence-electron chi connectivity index (χ3n) is 6.80. The van der Waals surface area contributed by atoms with Crippen LogP contribution in [0.5, 0.6) is 5.75 Å². The van der Waals surface area contributed by atoms with Gasteiger partial charge in [-0.3, -0.25) is 9.69 Å². The summed E-state index contributed by atoms with van der Waals surface area (Å²) in [5.41, 5.74) is 1.35. The summed E-state index contributed by atoms with van der Waals surface area (Å²) in [6.45, 7) is 7.76. The van der Waals surface area contributed by atoms with E-state index in [4.69, 9.17) is 13.6 Å². The van der Waals surface area contributed by atoms with E-state index in [9.17, 15) is 10.1 Å². The molecule has 9 nitrogen and oxygen atoms in total. The Balaban J connectivity index is 1.38. The Hall–Kier alpha value is -3.77. The second-order valence-electron chi connectivity index (χ2n) is 8.78. The fourth-order valence-corrected chi connectivity index (χ4v) is 4.76. The van der Waals surface area contributed by atoms with Crippen molar-refractivity contribution < 1.29 is 18.4 Å². The van der Waals surface area contributed by atoms with Gasteiger partial charge in [-0.25, -0.2) is 0 Å². The number of oxazole rings is 1. The number of likely N-dealkylation sites (N-methyl/N-ethyl adjacent to an activating group) is 1. The summed E-state index contributed by atoms with van der Waals surface area (Å²) in [7, 11) is 1.66. The van der Waals surface area contributed by atoms with Crippen LogP contribution in [0.1, 0.15) is 44.0 Å². The van der Waals surface area contributed by atoms with Gasteiger partial charge in [0.15, 0.2) is 5.76 Å². The number of carbonyl (C=O) groups is 1. The van der Waals surface area contributed by atoms with Crippen LogP contribution in [0.4, 0.5) is 5.88 Å². The Bertz CT molecular complexity index is 1170. The van der Waals surface area contributed by atoms with E-state index in [1.807, 2.05) is 23.1 Å². The van der Waals surface area contributed by atoms with Crippen molar-refractivity contribution in [2.45, 2.75) is 32.7 Å². The van der Waals surface area contributed by atoms with E-state index in [-0.39, 0.29) is 29.5 Å². The molecule has 9 heteroatoms. The number of methoxy groups -OCH3 is 1. The van der Waals surface area contributed by atoms with Gasteiger partial charge in [-0.15, -0.1) is 0 Å². The molecule has 0 bridgehead atoms. The highest BCUT2D eigenvalue weighted by Crippen LogP contribution is 2.31. The topological polar surface area (TPSA) is 108 Å². The lowest BCUT2D eigenvalue weighted by molar-refractivity contribution is -0.125. The Kier molecular flexibility index (Phi) is 8.28. The van der Waals surface area contributed by atoms with E-state index < -0.39 is 0 Å². The van der Waals surface area contributed by atoms with Crippen LogP contribution < -0.4 is 15.0 Å². The molecule has 1 N–H and O–H groups in total. The summed E-state index contributed by atoms with van der Waals surface area (Å²) >= 11 is 0. The lowest BCUT2D eigenvalue weighted by Crippen LogP contribution is -2.43. The molecule has 0 radical (unpaired) electrons. The number of hydrogen-bond donors (Lipinski definition) is 1. The third kappa shape index (κ3) is 5.55. The second kappa shape index (κ2) is 11.8. The molecule has 1 fully saturated rings. The van der Waals surface area contributed by atoms with Crippen molar-refractivity contribution in [3.05, 3.63) is 53.9 Å². The normalized spacial score (nSPS) is 15.0. The number of nitriles is 1. The predicted molar refractivity (Wildman–Crippen MR) is 136 cm³/mol. The first-order valence-corrected chi connectivity index (χ1v) is 12.4. The zero-order valence-corrected chi connectivity index (χ0v) is 21.1. The van der Waals surface area contributed by atoms with Crippen LogP contribution in [0.3, 0.4) is 0 Å². The lowest BCUT2D eigenvalue weighted by atomic mass is 9.95. The van der Waals surface area contributed by atoms with Gasteiger partial charge in [-0.2, -0.15) is 10.2 Å². The molecule has 3 heterocycles. The fraction of sp³-hybridized carbons (Fsp3) is 0.444. The molecule has 3 aromatic rings. The van der Waals surface area contributed by atoms with Crippen LogP contribution in [0, 0.1) is 17.2 Å². The van der Waals surface area contributed by atoms with Crippen LogP contribution in [-0.2, 0) is 4.79 Å². The maximum Gasteiger partial charge on any atom is 0.266 e. The van der Waals surface area contributed by atoms with E-state index in [1.165, 1.54) is 6.26 Å². The monoisotopic (exact) mass is 491 g/mol. The molecule has 0 aliphatic carbocycles. The summed E-state index contributed by atoms with van der Waals surface area (Å²) in [6, 6.07) is 13.7. The lowest BCUT2D eigenvalue weighted by Gasteiger charge is -2.33. The Morgan fingerprint density at radius 3 is 2.69 bits per heavy atom. The van der Waals surface area contributed by atoms with Crippen molar-refractivity contribution in [2.24, 2.45) is 5.92 Å². The molecule has 1 amide bonds. The zero-order valence-electron chi connectivity index (χ0n) is 21.1. The Labute approximate surface area is 211 Å². The van der Waals surface area contributed by atoms with Crippen LogP contribution in [0.2, 0.25) is 0 Å². The molecule has 0 saturated carbocycles. The van der Waals surface area contributed by atoms with Crippen LogP contribution in [-0.4, -0.2) is 55.6 Å². The summed E-state index contributed by atoms with van der Waals surface area (Å²) in [6.07, 6.45) is 2.87. The van der Waals surface area contributed by atoms with E-state index >= 15 is 0 Å². The van der Waals surface area contributed by atoms with E-state index in [0.29, 0.717) is 44.1 Å². The second-order valence-corrected chi connectivity index (χ2v) is 8.78. The van der Waals surface area contributed by atoms with Gasteiger partial charge in [0.05, 0.1) is 19.4 Å². The van der Waals surface area contributed by atoms with Gasteiger partial charge < -0.3 is 23.8 Å². The number of anilines is 1. The standard InChI is InChI=1S/C27H33N5O4/c1-4-31(5-2)23(20-8-6-9-21(16-20)34-3)18-29-25(33)19-11-13-32(14-12-19)27-22(17-28)30-26(36-27)24-10-7-15-35-24/h6-10,15-16,19,23H,4-5,11-14,18H2,1-3H3,(H,29,33). The molecule has 4 rings (SSSR count). The van der Waals surface area contributed by atoms with Gasteiger partial charge in [0.2, 0.25) is 17.5 Å². The van der Waals surface area contributed by atoms with Crippen molar-refractivity contribution in [1.82, 2.24) is 15.2 Å². The van der Waals surface area contributed by atoms with Gasteiger partial charge in [-0.1, -0.05) is 26.0 Å². The number of hydrogen-bond acceptors (Lipinski definition) is 8. The Morgan fingerprint density at radius 2 is 2.06 bits per heavy atom. The number of ether oxygens (including phenoxy) is 1. The van der Waals surface area contributed by atoms with Gasteiger partial charge in [0, 0.05) is 25.6 Å². The van der Waals surface area contributed by atoms with E-state index in [2.05, 4.69) is 41.2 Å². The minimum absolute atomic E-state index is 0.0593. The number of piperidine rings is 1. The van der Waals surface area contributed by atoms with E-state index in [1.54, 1.807) is 19.2 Å². The molecule has 1 aliphatic rings. The minimum atomic E-state index is -0.0955. The van der Waals surface area contributed by atoms with Gasteiger partial charge in [0.1, 0.15) is 11.8 Å². The first kappa shape index (κ1) is 25.3. The highest BCUT2D eigenvalue weighted by atomic mass is 16.5. The average molecular weight is 492 g/mol. The maximum absolute atomic E-state index is 13.1. The highest BCUT2D eigenvalue weighted by Gasteiger charge is 2.30. The number of rotatable bonds is 10. The number of furan rings is 1. The first-order valence-electron chi connectivity index (χ1n) is 12.4. The smallest absolute Gasteiger partial charge is 0.266 e. The van der Waals surface area contributed by atoms with Crippen LogP contribution >= 0.6 is 0 Å². The highest BCUT2D eigenvalue weighted by molar-refractivity contribution is 5.79. The number of nitrogens with one attached hydrogen (secondary N) is 1. The summed E-state index contributed by atoms with van der Waals surface area (Å²) in [5.74, 6) is 1.97. The largest absolute Gasteiger partial charge is 0.497 e. The predicted octanol–water partition coefficient (Wildman–Crippen LogP) is 4.23.